The summed E-state index contributed by atoms with van der Waals surface area (Å²) in [7, 11) is 0. The van der Waals surface area contributed by atoms with E-state index in [1.54, 1.807) is 16.2 Å². The number of nitrogens with one attached hydrogen (secondary N) is 1. The van der Waals surface area contributed by atoms with Gasteiger partial charge < -0.3 is 19.5 Å². The molecule has 1 N–H and O–H groups in total. The van der Waals surface area contributed by atoms with E-state index in [-0.39, 0.29) is 6.09 Å². The highest BCUT2D eigenvalue weighted by Crippen LogP contribution is 2.15. The fraction of sp³-hybridized carbons (Fsp3) is 0.500. The third-order valence-corrected chi connectivity index (χ3v) is 5.28. The summed E-state index contributed by atoms with van der Waals surface area (Å²) in [6, 6.07) is 9.01. The second-order valence-corrected chi connectivity index (χ2v) is 7.08. The van der Waals surface area contributed by atoms with Gasteiger partial charge in [0.2, 0.25) is 0 Å². The van der Waals surface area contributed by atoms with E-state index in [4.69, 9.17) is 4.74 Å². The van der Waals surface area contributed by atoms with E-state index in [9.17, 15) is 4.79 Å². The van der Waals surface area contributed by atoms with Crippen LogP contribution in [0.3, 0.4) is 0 Å². The summed E-state index contributed by atoms with van der Waals surface area (Å²) in [5, 5.41) is 5.76. The normalized spacial score (nSPS) is 15.6. The average molecular weight is 347 g/mol. The molecule has 130 valence electrons. The van der Waals surface area contributed by atoms with Crippen molar-refractivity contribution in [3.05, 3.63) is 46.4 Å². The minimum atomic E-state index is -0.180. The van der Waals surface area contributed by atoms with Gasteiger partial charge in [-0.3, -0.25) is 0 Å². The van der Waals surface area contributed by atoms with E-state index in [0.717, 1.165) is 39.0 Å². The van der Waals surface area contributed by atoms with Crippen LogP contribution in [0.5, 0.6) is 0 Å². The molecule has 1 amide bonds. The Morgan fingerprint density at radius 3 is 2.88 bits per heavy atom. The van der Waals surface area contributed by atoms with Crippen LogP contribution in [0, 0.1) is 0 Å². The molecule has 3 rings (SSSR count). The van der Waals surface area contributed by atoms with Crippen molar-refractivity contribution in [3.63, 3.8) is 0 Å². The molecule has 1 aliphatic heterocycles. The number of thiophene rings is 1. The molecule has 6 heteroatoms. The van der Waals surface area contributed by atoms with Crippen molar-refractivity contribution in [1.82, 2.24) is 14.8 Å². The third kappa shape index (κ3) is 4.39. The molecule has 1 aliphatic rings. The van der Waals surface area contributed by atoms with Crippen molar-refractivity contribution in [1.29, 1.82) is 0 Å². The molecule has 0 radical (unpaired) electrons. The van der Waals surface area contributed by atoms with Gasteiger partial charge in [-0.15, -0.1) is 11.3 Å². The second kappa shape index (κ2) is 8.35. The van der Waals surface area contributed by atoms with Crippen molar-refractivity contribution in [2.24, 2.45) is 0 Å². The van der Waals surface area contributed by atoms with Crippen LogP contribution in [0.4, 0.5) is 4.79 Å². The van der Waals surface area contributed by atoms with Gasteiger partial charge in [-0.2, -0.15) is 0 Å². The van der Waals surface area contributed by atoms with Crippen LogP contribution in [-0.4, -0.2) is 41.3 Å². The number of aromatic nitrogens is 1. The summed E-state index contributed by atoms with van der Waals surface area (Å²) in [5.41, 5.74) is 1.30. The average Bonchev–Trinajstić information content (AvgIpc) is 3.26. The molecule has 2 aromatic heterocycles. The van der Waals surface area contributed by atoms with Gasteiger partial charge in [0.05, 0.1) is 13.2 Å². The number of carbonyl (C=O) groups is 1. The van der Waals surface area contributed by atoms with E-state index in [0.29, 0.717) is 12.6 Å². The lowest BCUT2D eigenvalue weighted by atomic mass is 10.1. The minimum absolute atomic E-state index is 0.180. The highest BCUT2D eigenvalue weighted by atomic mass is 32.1. The summed E-state index contributed by atoms with van der Waals surface area (Å²) in [6.45, 7) is 5.63. The first kappa shape index (κ1) is 17.0. The zero-order valence-electron chi connectivity index (χ0n) is 14.1. The number of amides is 1. The highest BCUT2D eigenvalue weighted by Gasteiger charge is 2.23. The topological polar surface area (TPSA) is 46.5 Å². The minimum Gasteiger partial charge on any atom is -0.450 e. The lowest BCUT2D eigenvalue weighted by molar-refractivity contribution is 0.0949. The summed E-state index contributed by atoms with van der Waals surface area (Å²) in [5.74, 6) is 0. The van der Waals surface area contributed by atoms with E-state index < -0.39 is 0 Å². The van der Waals surface area contributed by atoms with Gasteiger partial charge in [0.15, 0.2) is 0 Å². The van der Waals surface area contributed by atoms with Gasteiger partial charge in [-0.1, -0.05) is 6.07 Å². The standard InChI is InChI=1S/C18H25N3O2S/c1-2-23-18(22)20-10-7-15(8-11-20)19-13-16-5-3-9-21(16)14-17-6-4-12-24-17/h3-6,9,12,15,19H,2,7-8,10-11,13-14H2,1H3. The molecule has 0 spiro atoms. The predicted octanol–water partition coefficient (Wildman–Crippen LogP) is 3.31. The zero-order valence-corrected chi connectivity index (χ0v) is 14.9. The van der Waals surface area contributed by atoms with E-state index in [1.807, 2.05) is 6.92 Å². The lowest BCUT2D eigenvalue weighted by Gasteiger charge is -2.31. The number of ether oxygens (including phenoxy) is 1. The van der Waals surface area contributed by atoms with Gasteiger partial charge in [0.25, 0.3) is 0 Å². The van der Waals surface area contributed by atoms with Gasteiger partial charge >= 0.3 is 6.09 Å². The van der Waals surface area contributed by atoms with Crippen LogP contribution < -0.4 is 5.32 Å². The Morgan fingerprint density at radius 2 is 2.17 bits per heavy atom. The number of likely N-dealkylation sites (tertiary alicyclic amines) is 1. The van der Waals surface area contributed by atoms with Gasteiger partial charge in [-0.25, -0.2) is 4.79 Å². The van der Waals surface area contributed by atoms with Crippen LogP contribution in [-0.2, 0) is 17.8 Å². The summed E-state index contributed by atoms with van der Waals surface area (Å²) >= 11 is 1.79. The first-order valence-electron chi connectivity index (χ1n) is 8.57. The summed E-state index contributed by atoms with van der Waals surface area (Å²) < 4.78 is 7.36. The van der Waals surface area contributed by atoms with Crippen molar-refractivity contribution in [2.45, 2.75) is 38.9 Å². The molecule has 0 aromatic carbocycles. The number of rotatable bonds is 6. The number of piperidine rings is 1. The first-order valence-corrected chi connectivity index (χ1v) is 9.45. The van der Waals surface area contributed by atoms with Gasteiger partial charge in [-0.05, 0) is 43.3 Å². The number of hydrogen-bond donors (Lipinski definition) is 1. The summed E-state index contributed by atoms with van der Waals surface area (Å²) in [6.07, 6.45) is 3.91. The van der Waals surface area contributed by atoms with E-state index >= 15 is 0 Å². The van der Waals surface area contributed by atoms with Crippen LogP contribution in [0.15, 0.2) is 35.8 Å². The van der Waals surface area contributed by atoms with Crippen LogP contribution in [0.25, 0.3) is 0 Å². The monoisotopic (exact) mass is 347 g/mol. The van der Waals surface area contributed by atoms with Gasteiger partial charge in [0, 0.05) is 42.4 Å². The Morgan fingerprint density at radius 1 is 1.33 bits per heavy atom. The first-order chi connectivity index (χ1) is 11.8. The molecule has 2 aromatic rings. The van der Waals surface area contributed by atoms with Crippen LogP contribution in [0.1, 0.15) is 30.3 Å². The molecule has 3 heterocycles. The predicted molar refractivity (Wildman–Crippen MR) is 96.3 cm³/mol. The fourth-order valence-corrected chi connectivity index (χ4v) is 3.77. The van der Waals surface area contributed by atoms with Gasteiger partial charge in [0.1, 0.15) is 0 Å². The Balaban J connectivity index is 1.46. The maximum Gasteiger partial charge on any atom is 0.409 e. The Labute approximate surface area is 147 Å². The number of carbonyl (C=O) groups excluding carboxylic acids is 1. The van der Waals surface area contributed by atoms with Crippen LogP contribution in [0.2, 0.25) is 0 Å². The molecule has 24 heavy (non-hydrogen) atoms. The quantitative estimate of drug-likeness (QED) is 0.872. The molecule has 1 fully saturated rings. The van der Waals surface area contributed by atoms with Crippen molar-refractivity contribution in [2.75, 3.05) is 19.7 Å². The molecule has 0 unspecified atom stereocenters. The SMILES string of the molecule is CCOC(=O)N1CCC(NCc2cccn2Cc2cccs2)CC1. The van der Waals surface area contributed by atoms with Crippen molar-refractivity contribution >= 4 is 17.4 Å². The zero-order chi connectivity index (χ0) is 16.8. The van der Waals surface area contributed by atoms with Crippen LogP contribution >= 0.6 is 11.3 Å². The molecular formula is C18H25N3O2S. The summed E-state index contributed by atoms with van der Waals surface area (Å²) in [4.78, 5) is 14.9. The maximum atomic E-state index is 11.7. The molecule has 5 nitrogen and oxygen atoms in total. The molecule has 0 aliphatic carbocycles. The Bertz CT molecular complexity index is 630. The molecule has 0 saturated carbocycles. The largest absolute Gasteiger partial charge is 0.450 e. The van der Waals surface area contributed by atoms with E-state index in [1.165, 1.54) is 10.6 Å². The fourth-order valence-electron chi connectivity index (χ4n) is 3.06. The molecule has 0 atom stereocenters. The Kier molecular flexibility index (Phi) is 5.93. The second-order valence-electron chi connectivity index (χ2n) is 6.05. The van der Waals surface area contributed by atoms with Crippen molar-refractivity contribution < 1.29 is 9.53 Å². The highest BCUT2D eigenvalue weighted by molar-refractivity contribution is 7.09. The molecular weight excluding hydrogens is 322 g/mol. The smallest absolute Gasteiger partial charge is 0.409 e. The maximum absolute atomic E-state index is 11.7. The molecule has 1 saturated heterocycles. The Hall–Kier alpha value is -1.79. The number of nitrogens with zero attached hydrogens (tertiary/aromatic N) is 2. The molecule has 0 bridgehead atoms. The number of hydrogen-bond acceptors (Lipinski definition) is 4. The van der Waals surface area contributed by atoms with E-state index in [2.05, 4.69) is 45.7 Å². The van der Waals surface area contributed by atoms with Crippen molar-refractivity contribution in [3.8, 4) is 0 Å². The lowest BCUT2D eigenvalue weighted by Crippen LogP contribution is -2.45. The third-order valence-electron chi connectivity index (χ3n) is 4.42.